The smallest absolute Gasteiger partial charge is 0.311 e. The van der Waals surface area contributed by atoms with Gasteiger partial charge in [0, 0.05) is 16.7 Å². The Balaban J connectivity index is 2.81. The first-order chi connectivity index (χ1) is 7.79. The largest absolute Gasteiger partial charge is 0.486 e. The summed E-state index contributed by atoms with van der Waals surface area (Å²) in [7, 11) is 1.33. The Labute approximate surface area is 103 Å². The molecule has 0 saturated carbocycles. The number of benzene rings is 1. The fourth-order valence-corrected chi connectivity index (χ4v) is 1.61. The summed E-state index contributed by atoms with van der Waals surface area (Å²) in [5.74, 6) is -0.375. The van der Waals surface area contributed by atoms with Gasteiger partial charge >= 0.3 is 5.69 Å². The molecule has 94 valence electrons. The van der Waals surface area contributed by atoms with Gasteiger partial charge in [0.1, 0.15) is 6.61 Å². The number of nitrogens with zero attached hydrogens (tertiary/aromatic N) is 1. The van der Waals surface area contributed by atoms with E-state index in [4.69, 9.17) is 15.4 Å². The summed E-state index contributed by atoms with van der Waals surface area (Å²) >= 11 is 0. The van der Waals surface area contributed by atoms with Crippen molar-refractivity contribution in [3.05, 3.63) is 33.9 Å². The number of hydrogen-bond donors (Lipinski definition) is 0. The van der Waals surface area contributed by atoms with Crippen LogP contribution in [0.5, 0.6) is 5.75 Å². The fraction of sp³-hybridized carbons (Fsp3) is 0.333. The van der Waals surface area contributed by atoms with Gasteiger partial charge in [-0.3, -0.25) is 10.1 Å². The molecule has 0 N–H and O–H groups in total. The Kier molecular flexibility index (Phi) is 4.30. The zero-order chi connectivity index (χ0) is 13.1. The molecule has 0 unspecified atom stereocenters. The van der Waals surface area contributed by atoms with Gasteiger partial charge in [0.2, 0.25) is 9.05 Å². The topological polar surface area (TPSA) is 86.5 Å². The third-order valence-electron chi connectivity index (χ3n) is 1.90. The average Bonchev–Trinajstić information content (AvgIpc) is 2.18. The summed E-state index contributed by atoms with van der Waals surface area (Å²) in [5, 5.41) is 10.7. The van der Waals surface area contributed by atoms with E-state index >= 15 is 0 Å². The molecule has 1 rings (SSSR count). The number of nitro groups is 1. The quantitative estimate of drug-likeness (QED) is 0.466. The van der Waals surface area contributed by atoms with E-state index in [-0.39, 0.29) is 18.0 Å². The number of halogens is 1. The van der Waals surface area contributed by atoms with Gasteiger partial charge in [-0.25, -0.2) is 8.42 Å². The molecule has 6 nitrogen and oxygen atoms in total. The van der Waals surface area contributed by atoms with Crippen molar-refractivity contribution in [1.82, 2.24) is 0 Å². The molecule has 0 aliphatic rings. The van der Waals surface area contributed by atoms with Gasteiger partial charge in [0.15, 0.2) is 5.75 Å². The van der Waals surface area contributed by atoms with Crippen LogP contribution >= 0.6 is 10.7 Å². The number of aryl methyl sites for hydroxylation is 1. The SMILES string of the molecule is Cc1ccc(OCCS(=O)(=O)Cl)c([N+](=O)[O-])c1. The van der Waals surface area contributed by atoms with Crippen molar-refractivity contribution in [1.29, 1.82) is 0 Å². The predicted molar refractivity (Wildman–Crippen MR) is 63.0 cm³/mol. The van der Waals surface area contributed by atoms with E-state index in [2.05, 4.69) is 0 Å². The maximum absolute atomic E-state index is 10.7. The van der Waals surface area contributed by atoms with Crippen molar-refractivity contribution < 1.29 is 18.1 Å². The van der Waals surface area contributed by atoms with Crippen molar-refractivity contribution in [2.24, 2.45) is 0 Å². The Morgan fingerprint density at radius 2 is 2.12 bits per heavy atom. The fourth-order valence-electron chi connectivity index (χ4n) is 1.14. The minimum Gasteiger partial charge on any atom is -0.486 e. The van der Waals surface area contributed by atoms with Gasteiger partial charge in [0.05, 0.1) is 10.7 Å². The lowest BCUT2D eigenvalue weighted by molar-refractivity contribution is -0.385. The lowest BCUT2D eigenvalue weighted by atomic mass is 10.2. The lowest BCUT2D eigenvalue weighted by Crippen LogP contribution is -2.09. The first-order valence-corrected chi connectivity index (χ1v) is 7.07. The molecule has 0 atom stereocenters. The van der Waals surface area contributed by atoms with Crippen molar-refractivity contribution in [2.45, 2.75) is 6.92 Å². The number of hydrogen-bond acceptors (Lipinski definition) is 5. The third-order valence-corrected chi connectivity index (χ3v) is 3.01. The lowest BCUT2D eigenvalue weighted by Gasteiger charge is -2.05. The van der Waals surface area contributed by atoms with Crippen LogP contribution in [0.25, 0.3) is 0 Å². The van der Waals surface area contributed by atoms with E-state index in [1.807, 2.05) is 0 Å². The van der Waals surface area contributed by atoms with Gasteiger partial charge < -0.3 is 4.74 Å². The van der Waals surface area contributed by atoms with Crippen LogP contribution < -0.4 is 4.74 Å². The number of ether oxygens (including phenoxy) is 1. The molecule has 17 heavy (non-hydrogen) atoms. The molecule has 0 spiro atoms. The van der Waals surface area contributed by atoms with Gasteiger partial charge in [-0.15, -0.1) is 0 Å². The molecule has 1 aromatic carbocycles. The Hall–Kier alpha value is -1.34. The molecule has 0 aliphatic heterocycles. The van der Waals surface area contributed by atoms with E-state index in [1.165, 1.54) is 12.1 Å². The zero-order valence-electron chi connectivity index (χ0n) is 8.92. The van der Waals surface area contributed by atoms with E-state index in [0.29, 0.717) is 5.56 Å². The second-order valence-corrected chi connectivity index (χ2v) is 6.22. The molecule has 0 bridgehead atoms. The van der Waals surface area contributed by atoms with Crippen molar-refractivity contribution in [3.63, 3.8) is 0 Å². The second kappa shape index (κ2) is 5.33. The van der Waals surface area contributed by atoms with Crippen molar-refractivity contribution in [2.75, 3.05) is 12.4 Å². The molecule has 0 radical (unpaired) electrons. The average molecular weight is 280 g/mol. The van der Waals surface area contributed by atoms with Crippen LogP contribution in [0.3, 0.4) is 0 Å². The minimum absolute atomic E-state index is 0.0286. The molecule has 0 saturated heterocycles. The first kappa shape index (κ1) is 13.7. The monoisotopic (exact) mass is 279 g/mol. The van der Waals surface area contributed by atoms with E-state index in [0.717, 1.165) is 0 Å². The molecular formula is C9H10ClNO5S. The molecule has 8 heteroatoms. The molecule has 0 fully saturated rings. The van der Waals surface area contributed by atoms with Crippen LogP contribution in [0.1, 0.15) is 5.56 Å². The van der Waals surface area contributed by atoms with Gasteiger partial charge in [-0.2, -0.15) is 0 Å². The van der Waals surface area contributed by atoms with Crippen molar-refractivity contribution >= 4 is 25.4 Å². The second-order valence-electron chi connectivity index (χ2n) is 3.32. The number of rotatable bonds is 5. The summed E-state index contributed by atoms with van der Waals surface area (Å²) in [4.78, 5) is 10.1. The van der Waals surface area contributed by atoms with Gasteiger partial charge in [-0.1, -0.05) is 6.07 Å². The summed E-state index contributed by atoms with van der Waals surface area (Å²) in [6.45, 7) is 1.48. The maximum Gasteiger partial charge on any atom is 0.311 e. The van der Waals surface area contributed by atoms with Gasteiger partial charge in [0.25, 0.3) is 0 Å². The Morgan fingerprint density at radius 1 is 1.47 bits per heavy atom. The standard InChI is InChI=1S/C9H10ClNO5S/c1-7-2-3-9(8(6-7)11(12)13)16-4-5-17(10,14)15/h2-3,6H,4-5H2,1H3. The highest BCUT2D eigenvalue weighted by Crippen LogP contribution is 2.27. The first-order valence-electron chi connectivity index (χ1n) is 4.60. The molecular weight excluding hydrogens is 270 g/mol. The van der Waals surface area contributed by atoms with Crippen LogP contribution in [0, 0.1) is 17.0 Å². The highest BCUT2D eigenvalue weighted by Gasteiger charge is 2.15. The highest BCUT2D eigenvalue weighted by molar-refractivity contribution is 8.13. The normalized spacial score (nSPS) is 11.2. The van der Waals surface area contributed by atoms with E-state index < -0.39 is 19.7 Å². The maximum atomic E-state index is 10.7. The molecule has 0 aliphatic carbocycles. The van der Waals surface area contributed by atoms with Gasteiger partial charge in [-0.05, 0) is 18.6 Å². The Morgan fingerprint density at radius 3 is 2.65 bits per heavy atom. The molecule has 1 aromatic rings. The summed E-state index contributed by atoms with van der Waals surface area (Å²) < 4.78 is 26.3. The number of nitro benzene ring substituents is 1. The Bertz CT molecular complexity index is 528. The van der Waals surface area contributed by atoms with E-state index in [9.17, 15) is 18.5 Å². The van der Waals surface area contributed by atoms with Crippen LogP contribution in [-0.4, -0.2) is 25.7 Å². The van der Waals surface area contributed by atoms with Crippen LogP contribution in [0.15, 0.2) is 18.2 Å². The van der Waals surface area contributed by atoms with Crippen molar-refractivity contribution in [3.8, 4) is 5.75 Å². The summed E-state index contributed by atoms with van der Waals surface area (Å²) in [6.07, 6.45) is 0. The minimum atomic E-state index is -3.66. The molecule has 0 amide bonds. The van der Waals surface area contributed by atoms with Crippen LogP contribution in [0.4, 0.5) is 5.69 Å². The third kappa shape index (κ3) is 4.58. The molecule has 0 aromatic heterocycles. The molecule has 0 heterocycles. The summed E-state index contributed by atoms with van der Waals surface area (Å²) in [5.41, 5.74) is 0.519. The predicted octanol–water partition coefficient (Wildman–Crippen LogP) is 1.85. The zero-order valence-corrected chi connectivity index (χ0v) is 10.5. The van der Waals surface area contributed by atoms with E-state index in [1.54, 1.807) is 13.0 Å². The van der Waals surface area contributed by atoms with Crippen LogP contribution in [0.2, 0.25) is 0 Å². The van der Waals surface area contributed by atoms with Crippen LogP contribution in [-0.2, 0) is 9.05 Å². The summed E-state index contributed by atoms with van der Waals surface area (Å²) in [6, 6.07) is 4.41. The highest BCUT2D eigenvalue weighted by atomic mass is 35.7.